The van der Waals surface area contributed by atoms with Crippen LogP contribution in [0.15, 0.2) is 0 Å². The van der Waals surface area contributed by atoms with E-state index in [0.717, 1.165) is 32.1 Å². The van der Waals surface area contributed by atoms with E-state index in [4.69, 9.17) is 28.4 Å². The first-order valence-electron chi connectivity index (χ1n) is 18.1. The van der Waals surface area contributed by atoms with Crippen LogP contribution in [-0.2, 0) is 33.2 Å². The van der Waals surface area contributed by atoms with Gasteiger partial charge in [-0.25, -0.2) is 0 Å². The molecule has 0 amide bonds. The Morgan fingerprint density at radius 3 is 2.34 bits per heavy atom. The minimum absolute atomic E-state index is 0.153. The van der Waals surface area contributed by atoms with Crippen molar-refractivity contribution in [2.24, 2.45) is 35.5 Å². The SMILES string of the molecule is CC[C@]1([C@@H]2O[C@H]([C@@H]3O[C@](O)(CO)[C@H](C)C[C@@H]3C)C[C@@H]2C)CC[C@H]([C@]2(C)CC[C@]3(C[C@H](O)[C@H](C)[C@H]([C@H](C)[C@@H](OC)[C@@H](C)C(=O)O)O3)O2)O1. The van der Waals surface area contributed by atoms with Gasteiger partial charge in [-0.15, -0.1) is 0 Å². The van der Waals surface area contributed by atoms with Crippen LogP contribution in [-0.4, -0.2) is 106 Å². The zero-order valence-corrected chi connectivity index (χ0v) is 30.0. The lowest BCUT2D eigenvalue weighted by molar-refractivity contribution is -0.336. The van der Waals surface area contributed by atoms with Gasteiger partial charge in [-0.2, -0.15) is 0 Å². The van der Waals surface area contributed by atoms with Gasteiger partial charge in [0.25, 0.3) is 0 Å². The van der Waals surface area contributed by atoms with Gasteiger partial charge in [-0.3, -0.25) is 4.79 Å². The summed E-state index contributed by atoms with van der Waals surface area (Å²) in [4.78, 5) is 11.8. The molecule has 0 aromatic rings. The molecule has 5 aliphatic heterocycles. The molecule has 1 spiro atoms. The highest BCUT2D eigenvalue weighted by atomic mass is 16.7. The lowest BCUT2D eigenvalue weighted by atomic mass is 9.78. The summed E-state index contributed by atoms with van der Waals surface area (Å²) in [6.45, 7) is 15.6. The molecule has 0 aromatic carbocycles. The number of methoxy groups -OCH3 is 1. The molecule has 272 valence electrons. The Labute approximate surface area is 281 Å². The number of hydrogen-bond donors (Lipinski definition) is 4. The molecule has 47 heavy (non-hydrogen) atoms. The van der Waals surface area contributed by atoms with Crippen molar-refractivity contribution in [3.05, 3.63) is 0 Å². The van der Waals surface area contributed by atoms with Crippen molar-refractivity contribution in [1.82, 2.24) is 0 Å². The Morgan fingerprint density at radius 1 is 1.02 bits per heavy atom. The van der Waals surface area contributed by atoms with E-state index < -0.39 is 59.6 Å². The summed E-state index contributed by atoms with van der Waals surface area (Å²) in [5.41, 5.74) is -1.15. The molecular formula is C36H62O11. The van der Waals surface area contributed by atoms with Gasteiger partial charge in [-0.05, 0) is 64.2 Å². The van der Waals surface area contributed by atoms with E-state index in [-0.39, 0.29) is 54.0 Å². The van der Waals surface area contributed by atoms with E-state index in [0.29, 0.717) is 19.3 Å². The first-order chi connectivity index (χ1) is 22.0. The fourth-order valence-electron chi connectivity index (χ4n) is 9.91. The summed E-state index contributed by atoms with van der Waals surface area (Å²) in [6, 6.07) is 0. The first kappa shape index (κ1) is 37.4. The third-order valence-electron chi connectivity index (χ3n) is 13.0. The van der Waals surface area contributed by atoms with Crippen LogP contribution < -0.4 is 0 Å². The van der Waals surface area contributed by atoms with Crippen LogP contribution in [0.4, 0.5) is 0 Å². The predicted octanol–water partition coefficient (Wildman–Crippen LogP) is 4.27. The van der Waals surface area contributed by atoms with Crippen molar-refractivity contribution in [2.45, 2.75) is 172 Å². The van der Waals surface area contributed by atoms with Gasteiger partial charge < -0.3 is 48.8 Å². The van der Waals surface area contributed by atoms with E-state index in [1.165, 1.54) is 7.11 Å². The zero-order chi connectivity index (χ0) is 34.7. The number of carboxylic acids is 1. The number of hydrogen-bond acceptors (Lipinski definition) is 10. The Morgan fingerprint density at radius 2 is 1.72 bits per heavy atom. The molecule has 0 unspecified atom stereocenters. The molecule has 5 heterocycles. The monoisotopic (exact) mass is 670 g/mol. The number of ether oxygens (including phenoxy) is 6. The summed E-state index contributed by atoms with van der Waals surface area (Å²) >= 11 is 0. The Balaban J connectivity index is 1.29. The van der Waals surface area contributed by atoms with Crippen molar-refractivity contribution in [1.29, 1.82) is 0 Å². The third kappa shape index (κ3) is 6.67. The number of rotatable bonds is 10. The molecule has 11 nitrogen and oxygen atoms in total. The third-order valence-corrected chi connectivity index (χ3v) is 13.0. The molecule has 0 aromatic heterocycles. The molecule has 5 fully saturated rings. The topological polar surface area (TPSA) is 153 Å². The van der Waals surface area contributed by atoms with Crippen molar-refractivity contribution < 1.29 is 53.6 Å². The number of carbonyl (C=O) groups is 1. The highest BCUT2D eigenvalue weighted by Crippen LogP contribution is 2.55. The summed E-state index contributed by atoms with van der Waals surface area (Å²) in [5.74, 6) is -4.52. The van der Waals surface area contributed by atoms with E-state index >= 15 is 0 Å². The second kappa shape index (κ2) is 13.7. The van der Waals surface area contributed by atoms with Crippen LogP contribution in [0.2, 0.25) is 0 Å². The normalized spacial score (nSPS) is 50.9. The van der Waals surface area contributed by atoms with E-state index in [9.17, 15) is 25.2 Å². The fraction of sp³-hybridized carbons (Fsp3) is 0.972. The van der Waals surface area contributed by atoms with Crippen LogP contribution >= 0.6 is 0 Å². The number of aliphatic carboxylic acids is 1. The quantitative estimate of drug-likeness (QED) is 0.264. The van der Waals surface area contributed by atoms with Crippen LogP contribution in [0.5, 0.6) is 0 Å². The second-order valence-corrected chi connectivity index (χ2v) is 16.3. The lowest BCUT2D eigenvalue weighted by Gasteiger charge is -2.49. The van der Waals surface area contributed by atoms with Crippen molar-refractivity contribution in [3.63, 3.8) is 0 Å². The van der Waals surface area contributed by atoms with Crippen LogP contribution in [0.3, 0.4) is 0 Å². The van der Waals surface area contributed by atoms with E-state index in [2.05, 4.69) is 27.7 Å². The van der Waals surface area contributed by atoms with Crippen LogP contribution in [0.25, 0.3) is 0 Å². The van der Waals surface area contributed by atoms with Gasteiger partial charge in [0.2, 0.25) is 0 Å². The molecule has 5 saturated heterocycles. The molecule has 0 radical (unpaired) electrons. The maximum absolute atomic E-state index is 11.8. The molecule has 0 saturated carbocycles. The van der Waals surface area contributed by atoms with Crippen LogP contribution in [0.1, 0.15) is 107 Å². The van der Waals surface area contributed by atoms with Crippen molar-refractivity contribution in [2.75, 3.05) is 13.7 Å². The molecular weight excluding hydrogens is 608 g/mol. The Bertz CT molecular complexity index is 1110. The van der Waals surface area contributed by atoms with Gasteiger partial charge in [0.1, 0.15) is 0 Å². The molecule has 17 atom stereocenters. The van der Waals surface area contributed by atoms with Gasteiger partial charge in [0.15, 0.2) is 11.6 Å². The van der Waals surface area contributed by atoms with Gasteiger partial charge in [-0.1, -0.05) is 41.5 Å². The van der Waals surface area contributed by atoms with Crippen molar-refractivity contribution >= 4 is 5.97 Å². The molecule has 5 rings (SSSR count). The molecule has 5 aliphatic rings. The summed E-state index contributed by atoms with van der Waals surface area (Å²) in [5, 5.41) is 41.8. The molecule has 11 heteroatoms. The summed E-state index contributed by atoms with van der Waals surface area (Å²) in [6.07, 6.45) is 2.99. The van der Waals surface area contributed by atoms with E-state index in [1.807, 2.05) is 20.8 Å². The van der Waals surface area contributed by atoms with Gasteiger partial charge in [0, 0.05) is 37.7 Å². The maximum atomic E-state index is 11.8. The van der Waals surface area contributed by atoms with E-state index in [1.54, 1.807) is 6.92 Å². The highest BCUT2D eigenvalue weighted by Gasteiger charge is 2.62. The minimum Gasteiger partial charge on any atom is -0.481 e. The first-order valence-corrected chi connectivity index (χ1v) is 18.1. The number of aliphatic hydroxyl groups excluding tert-OH is 2. The standard InChI is InChI=1S/C36H62O11/c1-10-34(31-20(3)16-26(43-31)28-19(2)15-21(4)36(41,18-37)46-28)12-11-27(44-34)33(8)13-14-35(47-33)17-25(38)22(5)30(45-35)23(6)29(42-9)24(7)32(39)40/h19-31,37-38,41H,10-18H2,1-9H3,(H,39,40)/t19-,20-,21+,22-,23+,24+,25-,26-,27+,28+,29+,30+,31+,33-,34+,35+,36+/m0/s1. The Hall–Kier alpha value is -0.890. The number of aliphatic hydroxyl groups is 3. The lowest BCUT2D eigenvalue weighted by Crippen LogP contribution is -2.57. The molecule has 0 bridgehead atoms. The maximum Gasteiger partial charge on any atom is 0.308 e. The summed E-state index contributed by atoms with van der Waals surface area (Å²) < 4.78 is 39.4. The largest absolute Gasteiger partial charge is 0.481 e. The average Bonchev–Trinajstić information content (AvgIpc) is 3.73. The predicted molar refractivity (Wildman–Crippen MR) is 172 cm³/mol. The zero-order valence-electron chi connectivity index (χ0n) is 30.0. The van der Waals surface area contributed by atoms with Crippen LogP contribution in [0, 0.1) is 35.5 Å². The average molecular weight is 671 g/mol. The second-order valence-electron chi connectivity index (χ2n) is 16.3. The summed E-state index contributed by atoms with van der Waals surface area (Å²) in [7, 11) is 1.52. The smallest absolute Gasteiger partial charge is 0.308 e. The van der Waals surface area contributed by atoms with Gasteiger partial charge >= 0.3 is 5.97 Å². The van der Waals surface area contributed by atoms with Gasteiger partial charge in [0.05, 0.1) is 66.5 Å². The molecule has 0 aliphatic carbocycles. The number of carboxylic acid groups (broad SMARTS) is 1. The molecule has 4 N–H and O–H groups in total. The van der Waals surface area contributed by atoms with Crippen molar-refractivity contribution in [3.8, 4) is 0 Å². The fourth-order valence-corrected chi connectivity index (χ4v) is 9.91. The highest BCUT2D eigenvalue weighted by molar-refractivity contribution is 5.70. The minimum atomic E-state index is -1.56. The Kier molecular flexibility index (Phi) is 10.9.